The third kappa shape index (κ3) is 4.68. The Hall–Kier alpha value is -1.13. The first-order chi connectivity index (χ1) is 9.95. The summed E-state index contributed by atoms with van der Waals surface area (Å²) in [6.45, 7) is -0.242. The summed E-state index contributed by atoms with van der Waals surface area (Å²) in [5.41, 5.74) is 0.574. The molecule has 1 N–H and O–H groups in total. The van der Waals surface area contributed by atoms with Crippen LogP contribution in [0.1, 0.15) is 0 Å². The SMILES string of the molecule is O=C(COc1c(Cl)cc(Cl)cc1Cl)Nc1cccc(Cl)c1. The minimum absolute atomic E-state index is 0.212. The van der Waals surface area contributed by atoms with Gasteiger partial charge in [0.15, 0.2) is 12.4 Å². The fourth-order valence-electron chi connectivity index (χ4n) is 1.57. The maximum absolute atomic E-state index is 11.8. The zero-order valence-corrected chi connectivity index (χ0v) is 13.5. The van der Waals surface area contributed by atoms with Gasteiger partial charge in [0.25, 0.3) is 5.91 Å². The first-order valence-electron chi connectivity index (χ1n) is 5.78. The van der Waals surface area contributed by atoms with Gasteiger partial charge >= 0.3 is 0 Å². The molecule has 2 aromatic rings. The molecule has 0 aliphatic heterocycles. The molecule has 0 atom stereocenters. The van der Waals surface area contributed by atoms with Crippen LogP contribution in [0.2, 0.25) is 20.1 Å². The average Bonchev–Trinajstić information content (AvgIpc) is 2.37. The van der Waals surface area contributed by atoms with Crippen molar-refractivity contribution in [1.29, 1.82) is 0 Å². The Kier molecular flexibility index (Phi) is 5.59. The second-order valence-corrected chi connectivity index (χ2v) is 5.73. The molecule has 0 saturated carbocycles. The van der Waals surface area contributed by atoms with E-state index in [4.69, 9.17) is 51.1 Å². The van der Waals surface area contributed by atoms with Crippen LogP contribution in [0.5, 0.6) is 5.75 Å². The molecule has 0 unspecified atom stereocenters. The van der Waals surface area contributed by atoms with E-state index in [-0.39, 0.29) is 28.3 Å². The summed E-state index contributed by atoms with van der Waals surface area (Å²) in [4.78, 5) is 11.8. The molecule has 0 radical (unpaired) electrons. The predicted molar refractivity (Wildman–Crippen MR) is 87.0 cm³/mol. The normalized spacial score (nSPS) is 10.3. The van der Waals surface area contributed by atoms with Gasteiger partial charge < -0.3 is 10.1 Å². The standard InChI is InChI=1S/C14H9Cl4NO2/c15-8-2-1-3-10(4-8)19-13(20)7-21-14-11(17)5-9(16)6-12(14)18/h1-6H,7H2,(H,19,20). The predicted octanol–water partition coefficient (Wildman–Crippen LogP) is 5.32. The first kappa shape index (κ1) is 16.2. The van der Waals surface area contributed by atoms with E-state index in [0.29, 0.717) is 15.7 Å². The van der Waals surface area contributed by atoms with Gasteiger partial charge in [-0.15, -0.1) is 0 Å². The molecule has 0 aliphatic carbocycles. The van der Waals surface area contributed by atoms with Crippen molar-refractivity contribution in [3.8, 4) is 5.75 Å². The van der Waals surface area contributed by atoms with E-state index in [9.17, 15) is 4.79 Å². The summed E-state index contributed by atoms with van der Waals surface area (Å²) in [5, 5.41) is 4.04. The van der Waals surface area contributed by atoms with E-state index in [1.54, 1.807) is 24.3 Å². The second kappa shape index (κ2) is 7.23. The molecule has 2 aromatic carbocycles. The Balaban J connectivity index is 1.99. The molecule has 0 saturated heterocycles. The van der Waals surface area contributed by atoms with Gasteiger partial charge in [0.05, 0.1) is 10.0 Å². The van der Waals surface area contributed by atoms with Crippen molar-refractivity contribution in [1.82, 2.24) is 0 Å². The maximum atomic E-state index is 11.8. The number of carbonyl (C=O) groups is 1. The number of carbonyl (C=O) groups excluding carboxylic acids is 1. The first-order valence-corrected chi connectivity index (χ1v) is 7.29. The van der Waals surface area contributed by atoms with Crippen molar-refractivity contribution < 1.29 is 9.53 Å². The highest BCUT2D eigenvalue weighted by molar-refractivity contribution is 6.40. The summed E-state index contributed by atoms with van der Waals surface area (Å²) < 4.78 is 5.32. The molecule has 1 amide bonds. The number of ether oxygens (including phenoxy) is 1. The Morgan fingerprint density at radius 1 is 1.00 bits per heavy atom. The van der Waals surface area contributed by atoms with Crippen molar-refractivity contribution in [3.63, 3.8) is 0 Å². The number of rotatable bonds is 4. The molecule has 21 heavy (non-hydrogen) atoms. The zero-order chi connectivity index (χ0) is 15.4. The molecule has 2 rings (SSSR count). The molecular formula is C14H9Cl4NO2. The van der Waals surface area contributed by atoms with Crippen molar-refractivity contribution in [3.05, 3.63) is 56.5 Å². The second-order valence-electron chi connectivity index (χ2n) is 4.05. The fourth-order valence-corrected chi connectivity index (χ4v) is 2.68. The van der Waals surface area contributed by atoms with Crippen LogP contribution in [-0.4, -0.2) is 12.5 Å². The molecule has 3 nitrogen and oxygen atoms in total. The van der Waals surface area contributed by atoms with Gasteiger partial charge in [0, 0.05) is 15.7 Å². The van der Waals surface area contributed by atoms with Crippen LogP contribution in [0.15, 0.2) is 36.4 Å². The molecular weight excluding hydrogens is 356 g/mol. The van der Waals surface area contributed by atoms with Crippen LogP contribution < -0.4 is 10.1 Å². The lowest BCUT2D eigenvalue weighted by molar-refractivity contribution is -0.118. The van der Waals surface area contributed by atoms with Crippen molar-refractivity contribution in [2.24, 2.45) is 0 Å². The van der Waals surface area contributed by atoms with Gasteiger partial charge in [-0.05, 0) is 30.3 Å². The molecule has 0 fully saturated rings. The molecule has 7 heteroatoms. The highest BCUT2D eigenvalue weighted by atomic mass is 35.5. The zero-order valence-electron chi connectivity index (χ0n) is 10.5. The molecule has 0 aliphatic rings. The Morgan fingerprint density at radius 3 is 2.29 bits per heavy atom. The van der Waals surface area contributed by atoms with E-state index >= 15 is 0 Å². The highest BCUT2D eigenvalue weighted by Crippen LogP contribution is 2.35. The quantitative estimate of drug-likeness (QED) is 0.797. The van der Waals surface area contributed by atoms with Gasteiger partial charge in [-0.3, -0.25) is 4.79 Å². The third-order valence-corrected chi connectivity index (χ3v) is 3.43. The summed E-state index contributed by atoms with van der Waals surface area (Å²) >= 11 is 23.5. The van der Waals surface area contributed by atoms with Crippen LogP contribution >= 0.6 is 46.4 Å². The average molecular weight is 365 g/mol. The molecule has 110 valence electrons. The van der Waals surface area contributed by atoms with Gasteiger partial charge in [-0.25, -0.2) is 0 Å². The molecule has 0 spiro atoms. The molecule has 0 bridgehead atoms. The fraction of sp³-hybridized carbons (Fsp3) is 0.0714. The summed E-state index contributed by atoms with van der Waals surface area (Å²) in [6.07, 6.45) is 0. The largest absolute Gasteiger partial charge is 0.481 e. The number of hydrogen-bond acceptors (Lipinski definition) is 2. The van der Waals surface area contributed by atoms with Crippen LogP contribution in [0, 0.1) is 0 Å². The number of benzene rings is 2. The third-order valence-electron chi connectivity index (χ3n) is 2.42. The maximum Gasteiger partial charge on any atom is 0.262 e. The summed E-state index contributed by atoms with van der Waals surface area (Å²) in [6, 6.07) is 9.75. The number of anilines is 1. The Bertz CT molecular complexity index is 653. The van der Waals surface area contributed by atoms with Crippen LogP contribution in [0.25, 0.3) is 0 Å². The van der Waals surface area contributed by atoms with Crippen LogP contribution in [-0.2, 0) is 4.79 Å². The van der Waals surface area contributed by atoms with Crippen molar-refractivity contribution >= 4 is 58.0 Å². The van der Waals surface area contributed by atoms with E-state index in [1.165, 1.54) is 12.1 Å². The monoisotopic (exact) mass is 363 g/mol. The van der Waals surface area contributed by atoms with E-state index < -0.39 is 0 Å². The number of halogens is 4. The topological polar surface area (TPSA) is 38.3 Å². The van der Waals surface area contributed by atoms with E-state index in [2.05, 4.69) is 5.32 Å². The van der Waals surface area contributed by atoms with Crippen molar-refractivity contribution in [2.75, 3.05) is 11.9 Å². The Morgan fingerprint density at radius 2 is 1.67 bits per heavy atom. The van der Waals surface area contributed by atoms with Gasteiger partial charge in [0.2, 0.25) is 0 Å². The Labute approximate surface area is 141 Å². The van der Waals surface area contributed by atoms with Crippen LogP contribution in [0.3, 0.4) is 0 Å². The lowest BCUT2D eigenvalue weighted by atomic mass is 10.3. The van der Waals surface area contributed by atoms with Crippen LogP contribution in [0.4, 0.5) is 5.69 Å². The van der Waals surface area contributed by atoms with E-state index in [0.717, 1.165) is 0 Å². The lowest BCUT2D eigenvalue weighted by Crippen LogP contribution is -2.20. The minimum atomic E-state index is -0.362. The highest BCUT2D eigenvalue weighted by Gasteiger charge is 2.11. The summed E-state index contributed by atoms with van der Waals surface area (Å²) in [7, 11) is 0. The summed E-state index contributed by atoms with van der Waals surface area (Å²) in [5.74, 6) is -0.150. The smallest absolute Gasteiger partial charge is 0.262 e. The minimum Gasteiger partial charge on any atom is -0.481 e. The number of amides is 1. The lowest BCUT2D eigenvalue weighted by Gasteiger charge is -2.10. The van der Waals surface area contributed by atoms with Gasteiger partial charge in [0.1, 0.15) is 0 Å². The number of nitrogens with one attached hydrogen (secondary N) is 1. The van der Waals surface area contributed by atoms with E-state index in [1.807, 2.05) is 0 Å². The molecule has 0 heterocycles. The van der Waals surface area contributed by atoms with Gasteiger partial charge in [-0.1, -0.05) is 52.5 Å². The molecule has 0 aromatic heterocycles. The van der Waals surface area contributed by atoms with Crippen molar-refractivity contribution in [2.45, 2.75) is 0 Å². The van der Waals surface area contributed by atoms with Gasteiger partial charge in [-0.2, -0.15) is 0 Å². The number of hydrogen-bond donors (Lipinski definition) is 1.